The van der Waals surface area contributed by atoms with E-state index in [-0.39, 0.29) is 12.5 Å². The Hall–Kier alpha value is -1.49. The van der Waals surface area contributed by atoms with E-state index in [9.17, 15) is 5.11 Å². The van der Waals surface area contributed by atoms with Crippen molar-refractivity contribution >= 4 is 11.6 Å². The summed E-state index contributed by atoms with van der Waals surface area (Å²) in [5.41, 5.74) is 7.49. The number of aliphatic hydroxyl groups is 1. The molecule has 4 nitrogen and oxygen atoms in total. The van der Waals surface area contributed by atoms with E-state index < -0.39 is 6.10 Å². The average molecular weight is 296 g/mol. The molecule has 0 radical (unpaired) electrons. The van der Waals surface area contributed by atoms with Gasteiger partial charge in [-0.2, -0.15) is 0 Å². The third-order valence-corrected chi connectivity index (χ3v) is 3.63. The van der Waals surface area contributed by atoms with E-state index in [4.69, 9.17) is 26.5 Å². The van der Waals surface area contributed by atoms with Crippen molar-refractivity contribution in [2.24, 2.45) is 5.73 Å². The van der Waals surface area contributed by atoms with E-state index in [1.807, 2.05) is 6.92 Å². The number of furan rings is 1. The van der Waals surface area contributed by atoms with Gasteiger partial charge in [-0.15, -0.1) is 0 Å². The molecule has 2 rings (SSSR count). The predicted octanol–water partition coefficient (Wildman–Crippen LogP) is 3.03. The van der Waals surface area contributed by atoms with Crippen LogP contribution >= 0.6 is 11.6 Å². The lowest BCUT2D eigenvalue weighted by Crippen LogP contribution is -2.21. The zero-order valence-electron chi connectivity index (χ0n) is 11.5. The van der Waals surface area contributed by atoms with Crippen molar-refractivity contribution in [2.75, 3.05) is 13.7 Å². The monoisotopic (exact) mass is 295 g/mol. The van der Waals surface area contributed by atoms with E-state index in [2.05, 4.69) is 0 Å². The summed E-state index contributed by atoms with van der Waals surface area (Å²) in [6, 6.07) is 7.07. The maximum Gasteiger partial charge on any atom is 0.135 e. The fourth-order valence-electron chi connectivity index (χ4n) is 2.29. The van der Waals surface area contributed by atoms with Crippen LogP contribution in [0, 0.1) is 6.92 Å². The van der Waals surface area contributed by atoms with Gasteiger partial charge >= 0.3 is 0 Å². The summed E-state index contributed by atoms with van der Waals surface area (Å²) in [7, 11) is 1.57. The molecule has 20 heavy (non-hydrogen) atoms. The Morgan fingerprint density at radius 3 is 2.70 bits per heavy atom. The van der Waals surface area contributed by atoms with Crippen molar-refractivity contribution in [1.82, 2.24) is 0 Å². The Kier molecular flexibility index (Phi) is 4.70. The van der Waals surface area contributed by atoms with Crippen molar-refractivity contribution in [3.63, 3.8) is 0 Å². The molecule has 0 saturated carbocycles. The van der Waals surface area contributed by atoms with Gasteiger partial charge in [0.05, 0.1) is 13.4 Å². The van der Waals surface area contributed by atoms with Crippen LogP contribution in [0.1, 0.15) is 28.9 Å². The summed E-state index contributed by atoms with van der Waals surface area (Å²) >= 11 is 6.03. The molecule has 0 bridgehead atoms. The lowest BCUT2D eigenvalue weighted by Gasteiger charge is -2.23. The second-order valence-corrected chi connectivity index (χ2v) is 5.08. The minimum Gasteiger partial charge on any atom is -0.496 e. The topological polar surface area (TPSA) is 68.6 Å². The molecule has 0 aliphatic rings. The first-order chi connectivity index (χ1) is 9.58. The molecule has 1 aromatic heterocycles. The van der Waals surface area contributed by atoms with Gasteiger partial charge in [0.15, 0.2) is 0 Å². The SMILES string of the molecule is COc1ccc(Cl)cc1C(CN)C(O)c1occc1C. The van der Waals surface area contributed by atoms with Gasteiger partial charge < -0.3 is 20.0 Å². The predicted molar refractivity (Wildman–Crippen MR) is 78.2 cm³/mol. The van der Waals surface area contributed by atoms with Gasteiger partial charge in [-0.05, 0) is 36.8 Å². The van der Waals surface area contributed by atoms with Crippen molar-refractivity contribution in [2.45, 2.75) is 18.9 Å². The molecule has 2 unspecified atom stereocenters. The number of aliphatic hydroxyl groups excluding tert-OH is 1. The summed E-state index contributed by atoms with van der Waals surface area (Å²) in [4.78, 5) is 0. The van der Waals surface area contributed by atoms with E-state index in [0.717, 1.165) is 11.1 Å². The van der Waals surface area contributed by atoms with Gasteiger partial charge in [0, 0.05) is 23.0 Å². The van der Waals surface area contributed by atoms with Crippen LogP contribution < -0.4 is 10.5 Å². The van der Waals surface area contributed by atoms with Gasteiger partial charge in [-0.25, -0.2) is 0 Å². The van der Waals surface area contributed by atoms with E-state index in [1.54, 1.807) is 37.6 Å². The third-order valence-electron chi connectivity index (χ3n) is 3.40. The number of aryl methyl sites for hydroxylation is 1. The summed E-state index contributed by atoms with van der Waals surface area (Å²) in [5, 5.41) is 11.1. The van der Waals surface area contributed by atoms with Crippen molar-refractivity contribution in [3.8, 4) is 5.75 Å². The quantitative estimate of drug-likeness (QED) is 0.889. The molecule has 3 N–H and O–H groups in total. The fraction of sp³-hybridized carbons (Fsp3) is 0.333. The summed E-state index contributed by atoms with van der Waals surface area (Å²) < 4.78 is 10.7. The minimum absolute atomic E-state index is 0.248. The van der Waals surface area contributed by atoms with Gasteiger partial charge in [0.25, 0.3) is 0 Å². The van der Waals surface area contributed by atoms with Gasteiger partial charge in [-0.3, -0.25) is 0 Å². The maximum atomic E-state index is 10.5. The molecule has 1 heterocycles. The second kappa shape index (κ2) is 6.31. The summed E-state index contributed by atoms with van der Waals surface area (Å²) in [5.74, 6) is 0.809. The van der Waals surface area contributed by atoms with Crippen LogP contribution in [-0.4, -0.2) is 18.8 Å². The first-order valence-electron chi connectivity index (χ1n) is 6.34. The largest absolute Gasteiger partial charge is 0.496 e. The number of benzene rings is 1. The molecule has 0 saturated heterocycles. The molecule has 1 aromatic carbocycles. The van der Waals surface area contributed by atoms with Crippen LogP contribution in [0.25, 0.3) is 0 Å². The van der Waals surface area contributed by atoms with Crippen LogP contribution in [0.2, 0.25) is 5.02 Å². The maximum absolute atomic E-state index is 10.5. The number of hydrogen-bond donors (Lipinski definition) is 2. The number of hydrogen-bond acceptors (Lipinski definition) is 4. The van der Waals surface area contributed by atoms with Gasteiger partial charge in [0.1, 0.15) is 17.6 Å². The van der Waals surface area contributed by atoms with Crippen molar-refractivity contribution < 1.29 is 14.3 Å². The average Bonchev–Trinajstić information content (AvgIpc) is 2.86. The van der Waals surface area contributed by atoms with Crippen LogP contribution in [0.3, 0.4) is 0 Å². The normalized spacial score (nSPS) is 14.1. The van der Waals surface area contributed by atoms with Crippen LogP contribution in [-0.2, 0) is 0 Å². The molecule has 5 heteroatoms. The van der Waals surface area contributed by atoms with E-state index in [1.165, 1.54) is 0 Å². The summed E-state index contributed by atoms with van der Waals surface area (Å²) in [6.45, 7) is 2.13. The number of ether oxygens (including phenoxy) is 1. The zero-order valence-corrected chi connectivity index (χ0v) is 12.2. The van der Waals surface area contributed by atoms with E-state index >= 15 is 0 Å². The molecule has 0 spiro atoms. The lowest BCUT2D eigenvalue weighted by atomic mass is 9.90. The molecular weight excluding hydrogens is 278 g/mol. The molecule has 0 fully saturated rings. The first-order valence-corrected chi connectivity index (χ1v) is 6.71. The standard InChI is InChI=1S/C15H18ClNO3/c1-9-5-6-20-15(9)14(18)12(8-17)11-7-10(16)3-4-13(11)19-2/h3-7,12,14,18H,8,17H2,1-2H3. The Morgan fingerprint density at radius 1 is 1.40 bits per heavy atom. The highest BCUT2D eigenvalue weighted by atomic mass is 35.5. The van der Waals surface area contributed by atoms with Crippen LogP contribution in [0.5, 0.6) is 5.75 Å². The fourth-order valence-corrected chi connectivity index (χ4v) is 2.47. The highest BCUT2D eigenvalue weighted by Crippen LogP contribution is 2.37. The molecule has 108 valence electrons. The smallest absolute Gasteiger partial charge is 0.135 e. The molecule has 0 amide bonds. The number of nitrogens with two attached hydrogens (primary N) is 1. The first kappa shape index (κ1) is 14.9. The van der Waals surface area contributed by atoms with Crippen molar-refractivity contribution in [1.29, 1.82) is 0 Å². The minimum atomic E-state index is -0.845. The lowest BCUT2D eigenvalue weighted by molar-refractivity contribution is 0.120. The zero-order chi connectivity index (χ0) is 14.7. The Morgan fingerprint density at radius 2 is 2.15 bits per heavy atom. The highest BCUT2D eigenvalue weighted by molar-refractivity contribution is 6.30. The Labute approximate surface area is 123 Å². The molecule has 2 atom stereocenters. The number of methoxy groups -OCH3 is 1. The van der Waals surface area contributed by atoms with E-state index in [0.29, 0.717) is 16.5 Å². The summed E-state index contributed by atoms with van der Waals surface area (Å²) in [6.07, 6.45) is 0.707. The highest BCUT2D eigenvalue weighted by Gasteiger charge is 2.27. The van der Waals surface area contributed by atoms with Crippen LogP contribution in [0.4, 0.5) is 0 Å². The Balaban J connectivity index is 2.42. The Bertz CT molecular complexity index is 582. The second-order valence-electron chi connectivity index (χ2n) is 4.64. The third kappa shape index (κ3) is 2.82. The molecule has 0 aliphatic carbocycles. The molecular formula is C15H18ClNO3. The number of halogens is 1. The van der Waals surface area contributed by atoms with Crippen molar-refractivity contribution in [3.05, 3.63) is 52.4 Å². The molecule has 0 aliphatic heterocycles. The van der Waals surface area contributed by atoms with Gasteiger partial charge in [-0.1, -0.05) is 11.6 Å². The number of rotatable bonds is 5. The van der Waals surface area contributed by atoms with Gasteiger partial charge in [0.2, 0.25) is 0 Å². The molecule has 2 aromatic rings. The van der Waals surface area contributed by atoms with Crippen LogP contribution in [0.15, 0.2) is 34.9 Å².